The van der Waals surface area contributed by atoms with Crippen molar-refractivity contribution >= 4 is 5.97 Å². The van der Waals surface area contributed by atoms with Crippen molar-refractivity contribution in [1.82, 2.24) is 0 Å². The van der Waals surface area contributed by atoms with Gasteiger partial charge in [-0.3, -0.25) is 0 Å². The van der Waals surface area contributed by atoms with Crippen molar-refractivity contribution in [2.24, 2.45) is 17.8 Å². The summed E-state index contributed by atoms with van der Waals surface area (Å²) in [7, 11) is 0. The molecule has 0 atom stereocenters. The zero-order chi connectivity index (χ0) is 23.8. The highest BCUT2D eigenvalue weighted by Crippen LogP contribution is 2.62. The van der Waals surface area contributed by atoms with E-state index in [4.69, 9.17) is 4.74 Å². The molecule has 4 saturated carbocycles. The summed E-state index contributed by atoms with van der Waals surface area (Å²) < 4.78 is 6.46. The van der Waals surface area contributed by atoms with Gasteiger partial charge in [-0.15, -0.1) is 0 Å². The summed E-state index contributed by atoms with van der Waals surface area (Å²) in [6.45, 7) is 0.553. The van der Waals surface area contributed by atoms with Gasteiger partial charge in [-0.1, -0.05) is 54.3 Å². The number of ether oxygens (including phenoxy) is 1. The number of aromatic carboxylic acids is 1. The summed E-state index contributed by atoms with van der Waals surface area (Å²) in [6.07, 6.45) is 7.93. The molecule has 0 unspecified atom stereocenters. The quantitative estimate of drug-likeness (QED) is 0.423. The third kappa shape index (κ3) is 4.34. The minimum absolute atomic E-state index is 0.178. The number of hydrogen-bond donors (Lipinski definition) is 1. The SMILES string of the molecule is O=C(O)c1ccccc1C#Cc1ccc(OCc2ccccc2)c(C23CC4CC(CC(C4)C2)C3)c1. The first-order valence-corrected chi connectivity index (χ1v) is 12.7. The molecule has 3 heteroatoms. The molecule has 0 radical (unpaired) electrons. The van der Waals surface area contributed by atoms with Crippen molar-refractivity contribution in [3.63, 3.8) is 0 Å². The lowest BCUT2D eigenvalue weighted by Crippen LogP contribution is -2.48. The van der Waals surface area contributed by atoms with Crippen LogP contribution in [0.1, 0.15) is 71.1 Å². The highest BCUT2D eigenvalue weighted by atomic mass is 16.5. The van der Waals surface area contributed by atoms with Crippen molar-refractivity contribution in [2.75, 3.05) is 0 Å². The smallest absolute Gasteiger partial charge is 0.336 e. The van der Waals surface area contributed by atoms with Crippen LogP contribution in [0.5, 0.6) is 5.75 Å². The molecule has 176 valence electrons. The lowest BCUT2D eigenvalue weighted by Gasteiger charge is -2.57. The topological polar surface area (TPSA) is 46.5 Å². The molecule has 4 bridgehead atoms. The Hall–Kier alpha value is -3.51. The minimum atomic E-state index is -0.950. The van der Waals surface area contributed by atoms with Gasteiger partial charge in [0, 0.05) is 16.7 Å². The minimum Gasteiger partial charge on any atom is -0.489 e. The molecule has 0 spiro atoms. The monoisotopic (exact) mass is 462 g/mol. The van der Waals surface area contributed by atoms with Gasteiger partial charge in [0.05, 0.1) is 5.56 Å². The van der Waals surface area contributed by atoms with E-state index in [0.717, 1.165) is 34.6 Å². The lowest BCUT2D eigenvalue weighted by atomic mass is 9.48. The zero-order valence-corrected chi connectivity index (χ0v) is 19.9. The van der Waals surface area contributed by atoms with Crippen LogP contribution in [0.25, 0.3) is 0 Å². The first-order chi connectivity index (χ1) is 17.1. The van der Waals surface area contributed by atoms with Crippen LogP contribution >= 0.6 is 0 Å². The molecular weight excluding hydrogens is 432 g/mol. The van der Waals surface area contributed by atoms with Crippen molar-refractivity contribution < 1.29 is 14.6 Å². The molecule has 0 saturated heterocycles. The second-order valence-electron chi connectivity index (χ2n) is 10.8. The highest BCUT2D eigenvalue weighted by molar-refractivity contribution is 5.90. The number of carboxylic acid groups (broad SMARTS) is 1. The van der Waals surface area contributed by atoms with Crippen molar-refractivity contribution in [2.45, 2.75) is 50.5 Å². The summed E-state index contributed by atoms with van der Waals surface area (Å²) in [5.74, 6) is 8.91. The third-order valence-corrected chi connectivity index (χ3v) is 8.33. The van der Waals surface area contributed by atoms with E-state index in [1.807, 2.05) is 30.3 Å². The average molecular weight is 463 g/mol. The molecule has 1 N–H and O–H groups in total. The maximum absolute atomic E-state index is 11.6. The standard InChI is InChI=1S/C32H30O3/c33-31(34)28-9-5-4-8-27(28)12-10-22-11-13-30(35-21-23-6-2-1-3-7-23)29(17-22)32-18-24-14-25(19-32)16-26(15-24)20-32/h1-9,11,13,17,24-26H,14-16,18-21H2,(H,33,34). The maximum Gasteiger partial charge on any atom is 0.336 e. The van der Waals surface area contributed by atoms with Gasteiger partial charge in [0.2, 0.25) is 0 Å². The van der Waals surface area contributed by atoms with Crippen LogP contribution in [0, 0.1) is 29.6 Å². The summed E-state index contributed by atoms with van der Waals surface area (Å²) >= 11 is 0. The second kappa shape index (κ2) is 8.93. The fourth-order valence-corrected chi connectivity index (χ4v) is 7.24. The van der Waals surface area contributed by atoms with E-state index in [9.17, 15) is 9.90 Å². The lowest BCUT2D eigenvalue weighted by molar-refractivity contribution is -0.00648. The Bertz CT molecular complexity index is 1280. The van der Waals surface area contributed by atoms with E-state index in [-0.39, 0.29) is 11.0 Å². The van der Waals surface area contributed by atoms with Crippen molar-refractivity contribution in [1.29, 1.82) is 0 Å². The number of hydrogen-bond acceptors (Lipinski definition) is 2. The van der Waals surface area contributed by atoms with E-state index in [1.165, 1.54) is 44.1 Å². The first-order valence-electron chi connectivity index (χ1n) is 12.7. The molecule has 35 heavy (non-hydrogen) atoms. The predicted octanol–water partition coefficient (Wildman–Crippen LogP) is 6.83. The van der Waals surface area contributed by atoms with Gasteiger partial charge in [-0.05, 0) is 97.6 Å². The largest absolute Gasteiger partial charge is 0.489 e. The zero-order valence-electron chi connectivity index (χ0n) is 19.9. The molecule has 0 amide bonds. The molecule has 3 aromatic rings. The van der Waals surface area contributed by atoms with Crippen molar-refractivity contribution in [3.8, 4) is 17.6 Å². The fourth-order valence-electron chi connectivity index (χ4n) is 7.24. The summed E-state index contributed by atoms with van der Waals surface area (Å²) in [6, 6.07) is 23.6. The van der Waals surface area contributed by atoms with Gasteiger partial charge in [-0.2, -0.15) is 0 Å². The van der Waals surface area contributed by atoms with E-state index in [2.05, 4.69) is 36.1 Å². The third-order valence-electron chi connectivity index (χ3n) is 8.33. The van der Waals surface area contributed by atoms with Crippen LogP contribution < -0.4 is 4.74 Å². The maximum atomic E-state index is 11.6. The fraction of sp³-hybridized carbons (Fsp3) is 0.344. The molecule has 4 fully saturated rings. The average Bonchev–Trinajstić information content (AvgIpc) is 2.86. The number of carbonyl (C=O) groups is 1. The molecule has 0 aromatic heterocycles. The van der Waals surface area contributed by atoms with E-state index >= 15 is 0 Å². The van der Waals surface area contributed by atoms with Crippen molar-refractivity contribution in [3.05, 3.63) is 101 Å². The summed E-state index contributed by atoms with van der Waals surface area (Å²) in [4.78, 5) is 11.6. The molecule has 0 heterocycles. The first kappa shape index (κ1) is 22.0. The van der Waals surface area contributed by atoms with Crippen LogP contribution in [0.3, 0.4) is 0 Å². The van der Waals surface area contributed by atoms with E-state index in [1.54, 1.807) is 18.2 Å². The van der Waals surface area contributed by atoms with E-state index in [0.29, 0.717) is 12.2 Å². The Kier molecular flexibility index (Phi) is 5.61. The van der Waals surface area contributed by atoms with Crippen LogP contribution in [0.4, 0.5) is 0 Å². The summed E-state index contributed by atoms with van der Waals surface area (Å²) in [5.41, 5.74) is 4.36. The molecule has 4 aliphatic rings. The summed E-state index contributed by atoms with van der Waals surface area (Å²) in [5, 5.41) is 9.51. The number of benzene rings is 3. The molecule has 0 aliphatic heterocycles. The van der Waals surface area contributed by atoms with Crippen LogP contribution in [0.15, 0.2) is 72.8 Å². The molecule has 3 nitrogen and oxygen atoms in total. The van der Waals surface area contributed by atoms with E-state index < -0.39 is 5.97 Å². The Morgan fingerprint density at radius 1 is 0.857 bits per heavy atom. The Morgan fingerprint density at radius 3 is 2.20 bits per heavy atom. The molecule has 3 aromatic carbocycles. The van der Waals surface area contributed by atoms with Gasteiger partial charge in [-0.25, -0.2) is 4.79 Å². The number of carboxylic acids is 1. The Balaban J connectivity index is 1.37. The molecule has 7 rings (SSSR count). The van der Waals surface area contributed by atoms with Gasteiger partial charge < -0.3 is 9.84 Å². The van der Waals surface area contributed by atoms with Crippen LogP contribution in [-0.2, 0) is 12.0 Å². The molecule has 4 aliphatic carbocycles. The van der Waals surface area contributed by atoms with Gasteiger partial charge in [0.1, 0.15) is 12.4 Å². The Labute approximate surface area is 207 Å². The van der Waals surface area contributed by atoms with Gasteiger partial charge in [0.15, 0.2) is 0 Å². The van der Waals surface area contributed by atoms with Gasteiger partial charge in [0.25, 0.3) is 0 Å². The van der Waals surface area contributed by atoms with Crippen LogP contribution in [-0.4, -0.2) is 11.1 Å². The highest BCUT2D eigenvalue weighted by Gasteiger charge is 2.52. The molecular formula is C32H30O3. The van der Waals surface area contributed by atoms with Crippen LogP contribution in [0.2, 0.25) is 0 Å². The van der Waals surface area contributed by atoms with Gasteiger partial charge >= 0.3 is 5.97 Å². The second-order valence-corrected chi connectivity index (χ2v) is 10.8. The Morgan fingerprint density at radius 2 is 1.51 bits per heavy atom. The normalized spacial score (nSPS) is 26.1. The number of rotatable bonds is 5. The predicted molar refractivity (Wildman–Crippen MR) is 136 cm³/mol.